The summed E-state index contributed by atoms with van der Waals surface area (Å²) in [5, 5.41) is 9.69. The number of anilines is 2. The molecule has 1 aliphatic heterocycles. The molecule has 0 bridgehead atoms. The average Bonchev–Trinajstić information content (AvgIpc) is 2.61. The molecule has 0 aliphatic carbocycles. The quantitative estimate of drug-likeness (QED) is 0.764. The fourth-order valence-electron chi connectivity index (χ4n) is 3.69. The van der Waals surface area contributed by atoms with Crippen molar-refractivity contribution in [3.63, 3.8) is 0 Å². The van der Waals surface area contributed by atoms with E-state index in [1.165, 1.54) is 18.7 Å². The first kappa shape index (κ1) is 21.1. The molecule has 2 heterocycles. The molecule has 0 unspecified atom stereocenters. The summed E-state index contributed by atoms with van der Waals surface area (Å²) in [6, 6.07) is 6.42. The Bertz CT molecular complexity index is 997. The van der Waals surface area contributed by atoms with E-state index in [2.05, 4.69) is 9.71 Å². The van der Waals surface area contributed by atoms with Crippen molar-refractivity contribution in [2.45, 2.75) is 50.8 Å². The lowest BCUT2D eigenvalue weighted by molar-refractivity contribution is 0.0697. The molecule has 3 rings (SSSR count). The Balaban J connectivity index is 1.90. The van der Waals surface area contributed by atoms with Gasteiger partial charge in [0.2, 0.25) is 0 Å². The van der Waals surface area contributed by atoms with E-state index in [4.69, 9.17) is 0 Å². The van der Waals surface area contributed by atoms with Crippen molar-refractivity contribution >= 4 is 27.5 Å². The van der Waals surface area contributed by atoms with Gasteiger partial charge in [0, 0.05) is 13.1 Å². The number of carbonyl (C=O) groups is 1. The van der Waals surface area contributed by atoms with Crippen LogP contribution in [0.25, 0.3) is 0 Å². The molecule has 0 spiro atoms. The number of pyridine rings is 1. The molecule has 0 saturated carbocycles. The number of hydrogen-bond acceptors (Lipinski definition) is 5. The molecule has 1 aliphatic rings. The van der Waals surface area contributed by atoms with Crippen LogP contribution >= 0.6 is 0 Å². The molecule has 1 saturated heterocycles. The largest absolute Gasteiger partial charge is 0.478 e. The molecule has 7 nitrogen and oxygen atoms in total. The molecule has 0 radical (unpaired) electrons. The second-order valence-electron chi connectivity index (χ2n) is 7.53. The number of nitrogens with zero attached hydrogens (tertiary/aromatic N) is 2. The van der Waals surface area contributed by atoms with Crippen LogP contribution in [0.5, 0.6) is 0 Å². The Labute approximate surface area is 171 Å². The van der Waals surface area contributed by atoms with Gasteiger partial charge in [-0.1, -0.05) is 37.0 Å². The van der Waals surface area contributed by atoms with Gasteiger partial charge in [0.1, 0.15) is 11.4 Å². The van der Waals surface area contributed by atoms with Gasteiger partial charge in [-0.3, -0.25) is 4.72 Å². The maximum absolute atomic E-state index is 12.8. The number of carboxylic acid groups (broad SMARTS) is 1. The summed E-state index contributed by atoms with van der Waals surface area (Å²) in [6.07, 6.45) is 6.80. The molecule has 0 atom stereocenters. The fourth-order valence-corrected chi connectivity index (χ4v) is 4.95. The van der Waals surface area contributed by atoms with Gasteiger partial charge in [-0.05, 0) is 44.4 Å². The number of sulfonamides is 1. The molecule has 1 fully saturated rings. The van der Waals surface area contributed by atoms with Crippen molar-refractivity contribution in [2.75, 3.05) is 22.7 Å². The summed E-state index contributed by atoms with van der Waals surface area (Å²) in [6.45, 7) is 5.12. The standard InChI is InChI=1S/C21H27N3O4S/c1-15-8-9-19(16(2)12-15)29(27,28)23-17-13-18(21(25)26)20(22-14-17)24-10-6-4-3-5-7-11-24/h8-9,12-14,23H,3-7,10-11H2,1-2H3,(H,25,26). The van der Waals surface area contributed by atoms with E-state index in [1.54, 1.807) is 25.1 Å². The van der Waals surface area contributed by atoms with Crippen molar-refractivity contribution in [1.82, 2.24) is 4.98 Å². The molecule has 1 aromatic heterocycles. The van der Waals surface area contributed by atoms with Gasteiger partial charge >= 0.3 is 5.97 Å². The van der Waals surface area contributed by atoms with Crippen LogP contribution in [-0.4, -0.2) is 37.6 Å². The molecule has 1 aromatic carbocycles. The van der Waals surface area contributed by atoms with Crippen LogP contribution in [0, 0.1) is 13.8 Å². The lowest BCUT2D eigenvalue weighted by Gasteiger charge is -2.27. The summed E-state index contributed by atoms with van der Waals surface area (Å²) in [5.41, 5.74) is 1.74. The van der Waals surface area contributed by atoms with Crippen molar-refractivity contribution in [1.29, 1.82) is 0 Å². The highest BCUT2D eigenvalue weighted by atomic mass is 32.2. The van der Waals surface area contributed by atoms with Crippen LogP contribution in [0.3, 0.4) is 0 Å². The van der Waals surface area contributed by atoms with E-state index in [9.17, 15) is 18.3 Å². The van der Waals surface area contributed by atoms with Gasteiger partial charge in [-0.2, -0.15) is 0 Å². The zero-order valence-electron chi connectivity index (χ0n) is 16.8. The number of aromatic nitrogens is 1. The lowest BCUT2D eigenvalue weighted by Crippen LogP contribution is -2.29. The lowest BCUT2D eigenvalue weighted by atomic mass is 10.1. The normalized spacial score (nSPS) is 15.4. The number of hydrogen-bond donors (Lipinski definition) is 2. The summed E-state index contributed by atoms with van der Waals surface area (Å²) < 4.78 is 28.0. The number of rotatable bonds is 5. The minimum absolute atomic E-state index is 0.00593. The Morgan fingerprint density at radius 2 is 1.72 bits per heavy atom. The van der Waals surface area contributed by atoms with Crippen molar-refractivity contribution in [3.05, 3.63) is 47.2 Å². The highest BCUT2D eigenvalue weighted by molar-refractivity contribution is 7.92. The molecule has 29 heavy (non-hydrogen) atoms. The highest BCUT2D eigenvalue weighted by Gasteiger charge is 2.22. The minimum atomic E-state index is -3.85. The molecule has 0 amide bonds. The number of aryl methyl sites for hydroxylation is 2. The van der Waals surface area contributed by atoms with Gasteiger partial charge in [-0.15, -0.1) is 0 Å². The number of aromatic carboxylic acids is 1. The summed E-state index contributed by atoms with van der Waals surface area (Å²) >= 11 is 0. The predicted molar refractivity (Wildman–Crippen MR) is 113 cm³/mol. The van der Waals surface area contributed by atoms with Crippen LogP contribution in [0.2, 0.25) is 0 Å². The summed E-state index contributed by atoms with van der Waals surface area (Å²) in [4.78, 5) is 18.3. The summed E-state index contributed by atoms with van der Waals surface area (Å²) in [7, 11) is -3.85. The molecule has 2 aromatic rings. The monoisotopic (exact) mass is 417 g/mol. The van der Waals surface area contributed by atoms with Crippen molar-refractivity contribution in [3.8, 4) is 0 Å². The average molecular weight is 418 g/mol. The fraction of sp³-hybridized carbons (Fsp3) is 0.429. The second-order valence-corrected chi connectivity index (χ2v) is 9.18. The van der Waals surface area contributed by atoms with E-state index in [1.807, 2.05) is 11.8 Å². The predicted octanol–water partition coefficient (Wildman–Crippen LogP) is 3.97. The highest BCUT2D eigenvalue weighted by Crippen LogP contribution is 2.26. The van der Waals surface area contributed by atoms with Crippen LogP contribution < -0.4 is 9.62 Å². The first-order valence-electron chi connectivity index (χ1n) is 9.86. The molecule has 156 valence electrons. The van der Waals surface area contributed by atoms with Gasteiger partial charge in [0.15, 0.2) is 0 Å². The minimum Gasteiger partial charge on any atom is -0.478 e. The smallest absolute Gasteiger partial charge is 0.339 e. The van der Waals surface area contributed by atoms with Gasteiger partial charge in [0.05, 0.1) is 16.8 Å². The Kier molecular flexibility index (Phi) is 6.42. The summed E-state index contributed by atoms with van der Waals surface area (Å²) in [5.74, 6) is -0.726. The first-order valence-corrected chi connectivity index (χ1v) is 11.3. The van der Waals surface area contributed by atoms with E-state index in [0.29, 0.717) is 11.4 Å². The Morgan fingerprint density at radius 1 is 1.07 bits per heavy atom. The van der Waals surface area contributed by atoms with Crippen molar-refractivity contribution < 1.29 is 18.3 Å². The van der Waals surface area contributed by atoms with E-state index in [0.717, 1.165) is 44.3 Å². The number of nitrogens with one attached hydrogen (secondary N) is 1. The molecular weight excluding hydrogens is 390 g/mol. The SMILES string of the molecule is Cc1ccc(S(=O)(=O)Nc2cnc(N3CCCCCCC3)c(C(=O)O)c2)c(C)c1. The maximum Gasteiger partial charge on any atom is 0.339 e. The van der Waals surface area contributed by atoms with Crippen LogP contribution in [0.1, 0.15) is 53.6 Å². The van der Waals surface area contributed by atoms with E-state index < -0.39 is 16.0 Å². The zero-order chi connectivity index (χ0) is 21.0. The van der Waals surface area contributed by atoms with Crippen molar-refractivity contribution in [2.24, 2.45) is 0 Å². The third-order valence-corrected chi connectivity index (χ3v) is 6.67. The van der Waals surface area contributed by atoms with E-state index >= 15 is 0 Å². The van der Waals surface area contributed by atoms with Gasteiger partial charge in [0.25, 0.3) is 10.0 Å². The number of benzene rings is 1. The van der Waals surface area contributed by atoms with Crippen LogP contribution in [-0.2, 0) is 10.0 Å². The van der Waals surface area contributed by atoms with Crippen LogP contribution in [0.4, 0.5) is 11.5 Å². The topological polar surface area (TPSA) is 99.6 Å². The third-order valence-electron chi connectivity index (χ3n) is 5.12. The van der Waals surface area contributed by atoms with Gasteiger partial charge < -0.3 is 10.0 Å². The third kappa shape index (κ3) is 5.06. The molecular formula is C21H27N3O4S. The Morgan fingerprint density at radius 3 is 2.34 bits per heavy atom. The van der Waals surface area contributed by atoms with Gasteiger partial charge in [-0.25, -0.2) is 18.2 Å². The van der Waals surface area contributed by atoms with Crippen LogP contribution in [0.15, 0.2) is 35.4 Å². The molecule has 2 N–H and O–H groups in total. The second kappa shape index (κ2) is 8.82. The number of carboxylic acids is 1. The first-order chi connectivity index (χ1) is 13.8. The Hall–Kier alpha value is -2.61. The zero-order valence-corrected chi connectivity index (χ0v) is 17.6. The maximum atomic E-state index is 12.8. The molecule has 8 heteroatoms. The van der Waals surface area contributed by atoms with E-state index in [-0.39, 0.29) is 16.1 Å².